The number of hydrogen-bond acceptors (Lipinski definition) is 6. The highest BCUT2D eigenvalue weighted by Crippen LogP contribution is 2.50. The minimum Gasteiger partial charge on any atom is -0.383 e. The van der Waals surface area contributed by atoms with Crippen LogP contribution < -0.4 is 15.9 Å². The van der Waals surface area contributed by atoms with E-state index >= 15 is 4.39 Å². The van der Waals surface area contributed by atoms with Crippen molar-refractivity contribution < 1.29 is 26.7 Å². The zero-order chi connectivity index (χ0) is 27.5. The fourth-order valence-electron chi connectivity index (χ4n) is 5.35. The second-order valence-corrected chi connectivity index (χ2v) is 11.1. The van der Waals surface area contributed by atoms with E-state index in [0.29, 0.717) is 19.2 Å². The van der Waals surface area contributed by atoms with Gasteiger partial charge < -0.3 is 15.0 Å². The SMILES string of the molecule is COC[C@H]1CSc2c(-c3cc(Cl)c(F)cc3F)c(C(F)(F)F)cc3c(N4C[C@@H](C)N[C@@H](C)C4)nc(=O)n1c23. The van der Waals surface area contributed by atoms with Crippen LogP contribution in [0.2, 0.25) is 5.02 Å². The van der Waals surface area contributed by atoms with Gasteiger partial charge in [0.1, 0.15) is 17.5 Å². The number of ether oxygens (including phenoxy) is 1. The molecule has 204 valence electrons. The van der Waals surface area contributed by atoms with Crippen molar-refractivity contribution in [1.29, 1.82) is 0 Å². The fourth-order valence-corrected chi connectivity index (χ4v) is 6.83. The molecule has 0 radical (unpaired) electrons. The fraction of sp³-hybridized carbons (Fsp3) is 0.440. The van der Waals surface area contributed by atoms with E-state index in [0.717, 1.165) is 23.9 Å². The molecule has 3 aromatic rings. The van der Waals surface area contributed by atoms with E-state index < -0.39 is 51.3 Å². The van der Waals surface area contributed by atoms with E-state index in [1.54, 1.807) is 4.90 Å². The first kappa shape index (κ1) is 27.2. The Labute approximate surface area is 224 Å². The molecule has 0 amide bonds. The minimum absolute atomic E-state index is 0.00200. The highest BCUT2D eigenvalue weighted by atomic mass is 35.5. The van der Waals surface area contributed by atoms with Gasteiger partial charge in [0.2, 0.25) is 0 Å². The normalized spacial score (nSPS) is 21.8. The first-order chi connectivity index (χ1) is 17.9. The van der Waals surface area contributed by atoms with Crippen molar-refractivity contribution >= 4 is 40.1 Å². The predicted molar refractivity (Wildman–Crippen MR) is 137 cm³/mol. The summed E-state index contributed by atoms with van der Waals surface area (Å²) in [6.07, 6.45) is -4.90. The van der Waals surface area contributed by atoms with Crippen LogP contribution in [0.15, 0.2) is 27.9 Å². The zero-order valence-electron chi connectivity index (χ0n) is 20.6. The molecule has 1 saturated heterocycles. The summed E-state index contributed by atoms with van der Waals surface area (Å²) in [5.41, 5.74) is -2.54. The lowest BCUT2D eigenvalue weighted by molar-refractivity contribution is -0.137. The second-order valence-electron chi connectivity index (χ2n) is 9.65. The molecule has 2 aliphatic heterocycles. The van der Waals surface area contributed by atoms with Gasteiger partial charge in [-0.1, -0.05) is 11.6 Å². The highest BCUT2D eigenvalue weighted by Gasteiger charge is 2.40. The molecule has 1 aromatic heterocycles. The van der Waals surface area contributed by atoms with Crippen molar-refractivity contribution in [2.45, 2.75) is 43.0 Å². The van der Waals surface area contributed by atoms with Gasteiger partial charge >= 0.3 is 11.9 Å². The average Bonchev–Trinajstić information content (AvgIpc) is 2.82. The lowest BCUT2D eigenvalue weighted by Crippen LogP contribution is -2.55. The Bertz CT molecular complexity index is 1470. The van der Waals surface area contributed by atoms with E-state index in [-0.39, 0.29) is 46.1 Å². The first-order valence-electron chi connectivity index (χ1n) is 11.9. The molecule has 0 bridgehead atoms. The van der Waals surface area contributed by atoms with E-state index in [1.807, 2.05) is 13.8 Å². The second kappa shape index (κ2) is 9.96. The van der Waals surface area contributed by atoms with Crippen molar-refractivity contribution in [3.05, 3.63) is 50.9 Å². The Morgan fingerprint density at radius 2 is 1.84 bits per heavy atom. The Hall–Kier alpha value is -2.41. The summed E-state index contributed by atoms with van der Waals surface area (Å²) >= 11 is 6.94. The number of rotatable bonds is 4. The van der Waals surface area contributed by atoms with E-state index in [2.05, 4.69) is 10.3 Å². The van der Waals surface area contributed by atoms with Gasteiger partial charge in [-0.15, -0.1) is 11.8 Å². The molecule has 2 aromatic carbocycles. The number of halogens is 6. The maximum atomic E-state index is 15.1. The quantitative estimate of drug-likeness (QED) is 0.328. The van der Waals surface area contributed by atoms with Crippen LogP contribution in [0.25, 0.3) is 22.0 Å². The van der Waals surface area contributed by atoms with Gasteiger partial charge in [0.25, 0.3) is 0 Å². The molecule has 5 rings (SSSR count). The number of piperazine rings is 1. The summed E-state index contributed by atoms with van der Waals surface area (Å²) in [5, 5.41) is 2.96. The van der Waals surface area contributed by atoms with Gasteiger partial charge in [-0.05, 0) is 26.0 Å². The number of nitrogens with zero attached hydrogens (tertiary/aromatic N) is 3. The summed E-state index contributed by atoms with van der Waals surface area (Å²) < 4.78 is 79.5. The molecule has 0 spiro atoms. The van der Waals surface area contributed by atoms with Gasteiger partial charge in [-0.25, -0.2) is 13.6 Å². The summed E-state index contributed by atoms with van der Waals surface area (Å²) in [4.78, 5) is 19.6. The van der Waals surface area contributed by atoms with Crippen LogP contribution >= 0.6 is 23.4 Å². The van der Waals surface area contributed by atoms with Crippen LogP contribution in [0.1, 0.15) is 25.5 Å². The molecular formula is C25H24ClF5N4O2S. The molecule has 1 fully saturated rings. The molecule has 13 heteroatoms. The van der Waals surface area contributed by atoms with Crippen LogP contribution in [0.5, 0.6) is 0 Å². The van der Waals surface area contributed by atoms with E-state index in [4.69, 9.17) is 16.3 Å². The number of nitrogens with one attached hydrogen (secondary N) is 1. The van der Waals surface area contributed by atoms with Gasteiger partial charge in [0, 0.05) is 65.5 Å². The summed E-state index contributed by atoms with van der Waals surface area (Å²) in [7, 11) is 1.46. The van der Waals surface area contributed by atoms with Crippen LogP contribution in [0.4, 0.5) is 27.8 Å². The van der Waals surface area contributed by atoms with Crippen LogP contribution in [-0.2, 0) is 10.9 Å². The smallest absolute Gasteiger partial charge is 0.383 e. The zero-order valence-corrected chi connectivity index (χ0v) is 22.2. The molecule has 1 N–H and O–H groups in total. The number of benzene rings is 2. The number of thioether (sulfide) groups is 1. The number of anilines is 1. The minimum atomic E-state index is -4.90. The molecule has 3 heterocycles. The first-order valence-corrected chi connectivity index (χ1v) is 13.2. The number of methoxy groups -OCH3 is 1. The average molecular weight is 575 g/mol. The Morgan fingerprint density at radius 1 is 1.16 bits per heavy atom. The Kier molecular flexibility index (Phi) is 7.12. The number of aromatic nitrogens is 2. The molecule has 6 nitrogen and oxygen atoms in total. The molecular weight excluding hydrogens is 551 g/mol. The molecule has 0 saturated carbocycles. The van der Waals surface area contributed by atoms with Crippen LogP contribution in [0, 0.1) is 11.6 Å². The Morgan fingerprint density at radius 3 is 2.47 bits per heavy atom. The molecule has 2 aliphatic rings. The van der Waals surface area contributed by atoms with Gasteiger partial charge in [-0.3, -0.25) is 4.57 Å². The topological polar surface area (TPSA) is 59.4 Å². The maximum Gasteiger partial charge on any atom is 0.417 e. The molecule has 3 atom stereocenters. The van der Waals surface area contributed by atoms with Crippen molar-refractivity contribution in [2.75, 3.05) is 37.5 Å². The van der Waals surface area contributed by atoms with Crippen molar-refractivity contribution in [3.63, 3.8) is 0 Å². The van der Waals surface area contributed by atoms with Crippen molar-refractivity contribution in [2.24, 2.45) is 0 Å². The summed E-state index contributed by atoms with van der Waals surface area (Å²) in [6.45, 7) is 4.84. The third-order valence-electron chi connectivity index (χ3n) is 6.73. The van der Waals surface area contributed by atoms with Crippen molar-refractivity contribution in [1.82, 2.24) is 14.9 Å². The van der Waals surface area contributed by atoms with E-state index in [9.17, 15) is 22.4 Å². The van der Waals surface area contributed by atoms with Gasteiger partial charge in [0.05, 0.1) is 28.8 Å². The maximum absolute atomic E-state index is 15.1. The number of hydrogen-bond donors (Lipinski definition) is 1. The van der Waals surface area contributed by atoms with Crippen molar-refractivity contribution in [3.8, 4) is 11.1 Å². The van der Waals surface area contributed by atoms with E-state index in [1.165, 1.54) is 11.7 Å². The number of alkyl halides is 3. The summed E-state index contributed by atoms with van der Waals surface area (Å²) in [5.74, 6) is -1.96. The third-order valence-corrected chi connectivity index (χ3v) is 8.26. The van der Waals surface area contributed by atoms with Crippen LogP contribution in [0.3, 0.4) is 0 Å². The molecule has 0 aliphatic carbocycles. The largest absolute Gasteiger partial charge is 0.417 e. The van der Waals surface area contributed by atoms with Gasteiger partial charge in [-0.2, -0.15) is 18.2 Å². The summed E-state index contributed by atoms with van der Waals surface area (Å²) in [6, 6.07) is 1.71. The molecule has 38 heavy (non-hydrogen) atoms. The monoisotopic (exact) mass is 574 g/mol. The lowest BCUT2D eigenvalue weighted by Gasteiger charge is -2.38. The third kappa shape index (κ3) is 4.65. The Balaban J connectivity index is 1.92. The highest BCUT2D eigenvalue weighted by molar-refractivity contribution is 7.99. The standard InChI is InChI=1S/C25H24ClF5N4O2S/c1-11-7-34(8-12(2)32-11)23-15-4-16(25(29,30)31)20(14-5-17(26)19(28)6-18(14)27)22-21(15)35(24(36)33-23)13(9-37-3)10-38-22/h4-6,11-13,32H,7-10H2,1-3H3/t11-,12+,13-/m0/s1. The van der Waals surface area contributed by atoms with Crippen LogP contribution in [-0.4, -0.2) is 54.2 Å². The van der Waals surface area contributed by atoms with Gasteiger partial charge in [0.15, 0.2) is 0 Å². The lowest BCUT2D eigenvalue weighted by atomic mass is 9.95. The molecule has 0 unspecified atom stereocenters. The predicted octanol–water partition coefficient (Wildman–Crippen LogP) is 5.49.